The molecule has 1 aromatic carbocycles. The normalized spacial score (nSPS) is 14.5. The molecule has 3 aromatic rings. The van der Waals surface area contributed by atoms with Crippen LogP contribution in [0.2, 0.25) is 0 Å². The van der Waals surface area contributed by atoms with Gasteiger partial charge in [0.05, 0.1) is 30.0 Å². The van der Waals surface area contributed by atoms with Crippen molar-refractivity contribution in [3.63, 3.8) is 0 Å². The summed E-state index contributed by atoms with van der Waals surface area (Å²) in [5, 5.41) is 14.9. The summed E-state index contributed by atoms with van der Waals surface area (Å²) >= 11 is 0. The number of carbonyl (C=O) groups excluding carboxylic acids is 2. The maximum atomic E-state index is 13.7. The third-order valence-electron chi connectivity index (χ3n) is 4.81. The van der Waals surface area contributed by atoms with E-state index in [1.165, 1.54) is 56.6 Å². The maximum absolute atomic E-state index is 13.7. The van der Waals surface area contributed by atoms with Crippen LogP contribution < -0.4 is 10.6 Å². The van der Waals surface area contributed by atoms with Gasteiger partial charge in [-0.25, -0.2) is 4.39 Å². The first-order valence-corrected chi connectivity index (χ1v) is 9.86. The number of rotatable bonds is 5. The maximum Gasteiger partial charge on any atom is 0.268 e. The van der Waals surface area contributed by atoms with Gasteiger partial charge in [-0.2, -0.15) is 5.26 Å². The van der Waals surface area contributed by atoms with Gasteiger partial charge in [0, 0.05) is 17.8 Å². The lowest BCUT2D eigenvalue weighted by molar-refractivity contribution is -0.121. The number of aromatic amines is 1. The van der Waals surface area contributed by atoms with Gasteiger partial charge in [0.25, 0.3) is 5.91 Å². The van der Waals surface area contributed by atoms with Gasteiger partial charge in [-0.05, 0) is 25.0 Å². The van der Waals surface area contributed by atoms with Crippen LogP contribution in [0.4, 0.5) is 4.39 Å². The first kappa shape index (κ1) is 21.9. The summed E-state index contributed by atoms with van der Waals surface area (Å²) in [6.45, 7) is 3.39. The monoisotopic (exact) mass is 422 g/mol. The van der Waals surface area contributed by atoms with Crippen LogP contribution in [0.25, 0.3) is 10.9 Å². The Balaban J connectivity index is 0.000000610. The van der Waals surface area contributed by atoms with Crippen LogP contribution in [0, 0.1) is 23.1 Å². The van der Waals surface area contributed by atoms with Crippen LogP contribution in [0.15, 0.2) is 42.9 Å². The van der Waals surface area contributed by atoms with E-state index in [2.05, 4.69) is 32.5 Å². The van der Waals surface area contributed by atoms with E-state index < -0.39 is 23.2 Å². The molecule has 4 rings (SSSR count). The standard InChI is InChI=1S/C18H15FN6O2.C4H8/c1-18(10-20,14-8-21-5-6-22-14)25-15(26)9-23-17(27)13-7-11-3-2-4-12(19)16(11)24-13;1-4-2-3-4/h2-8,24H,9H2,1H3,(H,23,27)(H,25,26);4H,2-3H2,1H3. The second-order valence-corrected chi connectivity index (χ2v) is 7.63. The second kappa shape index (κ2) is 9.34. The number of nitrogens with one attached hydrogen (secondary N) is 3. The summed E-state index contributed by atoms with van der Waals surface area (Å²) in [7, 11) is 0. The number of H-pyrrole nitrogens is 1. The number of benzene rings is 1. The Morgan fingerprint density at radius 3 is 2.68 bits per heavy atom. The SMILES string of the molecule is CC(C#N)(NC(=O)CNC(=O)c1cc2cccc(F)c2[nH]1)c1cnccn1.CC1CC1. The molecular formula is C22H23FN6O2. The van der Waals surface area contributed by atoms with E-state index in [-0.39, 0.29) is 23.4 Å². The molecule has 31 heavy (non-hydrogen) atoms. The average molecular weight is 422 g/mol. The summed E-state index contributed by atoms with van der Waals surface area (Å²) in [6, 6.07) is 7.95. The predicted molar refractivity (Wildman–Crippen MR) is 112 cm³/mol. The van der Waals surface area contributed by atoms with Crippen molar-refractivity contribution in [2.75, 3.05) is 6.54 Å². The average Bonchev–Trinajstić information content (AvgIpc) is 3.42. The summed E-state index contributed by atoms with van der Waals surface area (Å²) in [4.78, 5) is 34.9. The van der Waals surface area contributed by atoms with E-state index in [9.17, 15) is 19.2 Å². The fourth-order valence-electron chi connectivity index (χ4n) is 2.69. The van der Waals surface area contributed by atoms with Crippen molar-refractivity contribution in [1.82, 2.24) is 25.6 Å². The van der Waals surface area contributed by atoms with Crippen molar-refractivity contribution >= 4 is 22.7 Å². The largest absolute Gasteiger partial charge is 0.348 e. The molecule has 2 amide bonds. The molecule has 2 aromatic heterocycles. The summed E-state index contributed by atoms with van der Waals surface area (Å²) < 4.78 is 13.7. The Kier molecular flexibility index (Phi) is 6.60. The Morgan fingerprint density at radius 2 is 2.10 bits per heavy atom. The van der Waals surface area contributed by atoms with E-state index >= 15 is 0 Å². The lowest BCUT2D eigenvalue weighted by atomic mass is 10.0. The van der Waals surface area contributed by atoms with E-state index in [0.29, 0.717) is 5.39 Å². The van der Waals surface area contributed by atoms with Crippen LogP contribution in [-0.4, -0.2) is 33.3 Å². The zero-order valence-electron chi connectivity index (χ0n) is 17.3. The highest BCUT2D eigenvalue weighted by Gasteiger charge is 2.30. The highest BCUT2D eigenvalue weighted by molar-refractivity contribution is 5.99. The first-order chi connectivity index (χ1) is 14.8. The summed E-state index contributed by atoms with van der Waals surface area (Å²) in [5.74, 6) is -0.544. The van der Waals surface area contributed by atoms with E-state index in [1.807, 2.05) is 6.07 Å². The molecule has 0 radical (unpaired) electrons. The molecule has 1 saturated carbocycles. The summed E-state index contributed by atoms with van der Waals surface area (Å²) in [5.41, 5.74) is -0.773. The molecular weight excluding hydrogens is 399 g/mol. The van der Waals surface area contributed by atoms with Crippen LogP contribution in [-0.2, 0) is 10.3 Å². The Morgan fingerprint density at radius 1 is 1.35 bits per heavy atom. The van der Waals surface area contributed by atoms with Crippen LogP contribution in [0.1, 0.15) is 42.9 Å². The molecule has 1 fully saturated rings. The fraction of sp³-hybridized carbons (Fsp3) is 0.318. The quantitative estimate of drug-likeness (QED) is 0.583. The first-order valence-electron chi connectivity index (χ1n) is 9.86. The molecule has 0 spiro atoms. The van der Waals surface area contributed by atoms with Crippen molar-refractivity contribution in [2.45, 2.75) is 32.2 Å². The summed E-state index contributed by atoms with van der Waals surface area (Å²) in [6.07, 6.45) is 7.21. The third kappa shape index (κ3) is 5.63. The van der Waals surface area contributed by atoms with Crippen LogP contribution >= 0.6 is 0 Å². The fourth-order valence-corrected chi connectivity index (χ4v) is 2.69. The van der Waals surface area contributed by atoms with Gasteiger partial charge in [0.2, 0.25) is 5.91 Å². The number of hydrogen-bond acceptors (Lipinski definition) is 5. The lowest BCUT2D eigenvalue weighted by Crippen LogP contribution is -2.47. The molecule has 1 aliphatic carbocycles. The highest BCUT2D eigenvalue weighted by atomic mass is 19.1. The smallest absolute Gasteiger partial charge is 0.268 e. The highest BCUT2D eigenvalue weighted by Crippen LogP contribution is 2.26. The molecule has 1 atom stereocenters. The van der Waals surface area contributed by atoms with Gasteiger partial charge in [0.1, 0.15) is 11.5 Å². The molecule has 9 heteroatoms. The topological polar surface area (TPSA) is 124 Å². The number of nitriles is 1. The number of aromatic nitrogens is 3. The molecule has 0 bridgehead atoms. The molecule has 1 aliphatic rings. The minimum Gasteiger partial charge on any atom is -0.348 e. The molecule has 1 unspecified atom stereocenters. The Labute approximate surface area is 178 Å². The van der Waals surface area contributed by atoms with E-state index in [1.54, 1.807) is 6.07 Å². The van der Waals surface area contributed by atoms with Gasteiger partial charge >= 0.3 is 0 Å². The number of nitrogens with zero attached hydrogens (tertiary/aromatic N) is 3. The minimum absolute atomic E-state index is 0.125. The molecule has 0 aliphatic heterocycles. The van der Waals surface area contributed by atoms with Crippen molar-refractivity contribution in [3.8, 4) is 6.07 Å². The number of fused-ring (bicyclic) bond motifs is 1. The van der Waals surface area contributed by atoms with Crippen LogP contribution in [0.5, 0.6) is 0 Å². The van der Waals surface area contributed by atoms with Gasteiger partial charge in [-0.15, -0.1) is 0 Å². The van der Waals surface area contributed by atoms with E-state index in [0.717, 1.165) is 5.92 Å². The van der Waals surface area contributed by atoms with E-state index in [4.69, 9.17) is 0 Å². The number of para-hydroxylation sites is 1. The molecule has 160 valence electrons. The Bertz CT molecular complexity index is 1120. The zero-order chi connectivity index (χ0) is 22.4. The predicted octanol–water partition coefficient (Wildman–Crippen LogP) is 2.80. The minimum atomic E-state index is -1.39. The Hall–Kier alpha value is -3.80. The van der Waals surface area contributed by atoms with Crippen molar-refractivity contribution < 1.29 is 14.0 Å². The number of halogens is 1. The molecule has 0 saturated heterocycles. The van der Waals surface area contributed by atoms with Gasteiger partial charge in [-0.1, -0.05) is 31.9 Å². The van der Waals surface area contributed by atoms with Gasteiger partial charge < -0.3 is 15.6 Å². The van der Waals surface area contributed by atoms with Gasteiger partial charge in [0.15, 0.2) is 5.54 Å². The number of carbonyl (C=O) groups is 2. The zero-order valence-corrected chi connectivity index (χ0v) is 17.3. The second-order valence-electron chi connectivity index (χ2n) is 7.63. The van der Waals surface area contributed by atoms with Crippen LogP contribution in [0.3, 0.4) is 0 Å². The molecule has 3 N–H and O–H groups in total. The van der Waals surface area contributed by atoms with Gasteiger partial charge in [-0.3, -0.25) is 19.6 Å². The molecule has 8 nitrogen and oxygen atoms in total. The van der Waals surface area contributed by atoms with Crippen molar-refractivity contribution in [3.05, 3.63) is 60.1 Å². The van der Waals surface area contributed by atoms with Crippen molar-refractivity contribution in [1.29, 1.82) is 5.26 Å². The number of hydrogen-bond donors (Lipinski definition) is 3. The van der Waals surface area contributed by atoms with Crippen molar-refractivity contribution in [2.24, 2.45) is 5.92 Å². The number of amides is 2. The molecule has 2 heterocycles. The lowest BCUT2D eigenvalue weighted by Gasteiger charge is -2.22. The third-order valence-corrected chi connectivity index (χ3v) is 4.81.